The Morgan fingerprint density at radius 2 is 1.66 bits per heavy atom. The van der Waals surface area contributed by atoms with Crippen molar-refractivity contribution >= 4 is 52.9 Å². The van der Waals surface area contributed by atoms with Gasteiger partial charge in [-0.05, 0) is 68.0 Å². The highest BCUT2D eigenvalue weighted by molar-refractivity contribution is 6.30. The number of fused-ring (bicyclic) bond motifs is 2. The van der Waals surface area contributed by atoms with Gasteiger partial charge in [0, 0.05) is 56.3 Å². The van der Waals surface area contributed by atoms with Gasteiger partial charge in [-0.1, -0.05) is 62.4 Å². The van der Waals surface area contributed by atoms with Crippen LogP contribution in [0.1, 0.15) is 120 Å². The highest BCUT2D eigenvalue weighted by Crippen LogP contribution is 2.43. The largest absolute Gasteiger partial charge is 0.483 e. The third kappa shape index (κ3) is 10.0. The van der Waals surface area contributed by atoms with Crippen LogP contribution in [0.4, 0.5) is 5.82 Å². The average Bonchev–Trinajstić information content (AvgIpc) is 3.70. The van der Waals surface area contributed by atoms with Gasteiger partial charge >= 0.3 is 0 Å². The molecule has 1 aromatic heterocycles. The van der Waals surface area contributed by atoms with E-state index in [4.69, 9.17) is 16.3 Å². The Bertz CT molecular complexity index is 2130. The summed E-state index contributed by atoms with van der Waals surface area (Å²) in [7, 11) is 0. The van der Waals surface area contributed by atoms with E-state index in [1.807, 2.05) is 29.2 Å². The summed E-state index contributed by atoms with van der Waals surface area (Å²) in [6, 6.07) is 10.9. The second-order valence-electron chi connectivity index (χ2n) is 16.2. The Labute approximate surface area is 359 Å². The van der Waals surface area contributed by atoms with Crippen LogP contribution in [0.25, 0.3) is 0 Å². The van der Waals surface area contributed by atoms with E-state index in [-0.39, 0.29) is 60.0 Å². The first-order valence-corrected chi connectivity index (χ1v) is 21.7. The molecule has 2 fully saturated rings. The fraction of sp³-hybridized carbons (Fsp3) is 0.500. The van der Waals surface area contributed by atoms with Gasteiger partial charge in [-0.3, -0.25) is 39.0 Å². The molecule has 4 N–H and O–H groups in total. The van der Waals surface area contributed by atoms with Crippen LogP contribution in [0, 0.1) is 0 Å². The van der Waals surface area contributed by atoms with Gasteiger partial charge in [-0.15, -0.1) is 0 Å². The van der Waals surface area contributed by atoms with Crippen LogP contribution in [0.2, 0.25) is 5.02 Å². The summed E-state index contributed by atoms with van der Waals surface area (Å²) in [5.41, 5.74) is 2.74. The fourth-order valence-corrected chi connectivity index (χ4v) is 8.84. The van der Waals surface area contributed by atoms with E-state index < -0.39 is 35.8 Å². The van der Waals surface area contributed by atoms with E-state index >= 15 is 0 Å². The predicted molar refractivity (Wildman–Crippen MR) is 225 cm³/mol. The molecular weight excluding hydrogens is 804 g/mol. The number of nitrogens with zero attached hydrogens (tertiary/aromatic N) is 5. The number of piperazine rings is 1. The molecule has 324 valence electrons. The van der Waals surface area contributed by atoms with Crippen LogP contribution < -0.4 is 25.6 Å². The number of carbonyl (C=O) groups is 6. The molecule has 4 heterocycles. The quantitative estimate of drug-likeness (QED) is 0.107. The van der Waals surface area contributed by atoms with Crippen molar-refractivity contribution in [3.05, 3.63) is 81.8 Å². The second kappa shape index (κ2) is 19.9. The summed E-state index contributed by atoms with van der Waals surface area (Å²) in [6.45, 7) is 5.97. The van der Waals surface area contributed by atoms with Gasteiger partial charge in [0.1, 0.15) is 23.9 Å². The average molecular weight is 857 g/mol. The fourth-order valence-electron chi connectivity index (χ4n) is 8.71. The Kier molecular flexibility index (Phi) is 14.3. The number of rotatable bonds is 18. The Morgan fingerprint density at radius 3 is 2.39 bits per heavy atom. The first kappa shape index (κ1) is 43.6. The first-order valence-electron chi connectivity index (χ1n) is 21.3. The maximum atomic E-state index is 14.0. The molecule has 0 saturated carbocycles. The molecular formula is C44H53ClN8O8. The number of aliphatic hydroxyl groups excluding tert-OH is 1. The number of amides is 6. The topological polar surface area (TPSA) is 203 Å². The van der Waals surface area contributed by atoms with Gasteiger partial charge in [0.25, 0.3) is 17.7 Å². The highest BCUT2D eigenvalue weighted by atomic mass is 35.5. The van der Waals surface area contributed by atoms with Crippen molar-refractivity contribution in [2.24, 2.45) is 0 Å². The normalized spacial score (nSPS) is 20.4. The Hall–Kier alpha value is -5.45. The second-order valence-corrected chi connectivity index (χ2v) is 16.6. The number of halogens is 1. The van der Waals surface area contributed by atoms with Gasteiger partial charge in [-0.2, -0.15) is 0 Å². The van der Waals surface area contributed by atoms with Crippen LogP contribution in [0.5, 0.6) is 5.75 Å². The number of hydrogen-bond donors (Lipinski definition) is 4. The van der Waals surface area contributed by atoms with Gasteiger partial charge in [0.05, 0.1) is 28.8 Å². The number of piperidine rings is 1. The standard InChI is InChI=1S/C44H53ClN8O8/c1-27-23-33(54)39-37(27)40(49-26-48-39)51-19-21-52(22-20-51)42(58)31(28-11-13-29(45)14-12-28)24-46-17-6-4-2-3-5-7-18-47-36(56)25-61-34-10-8-9-30-38(34)44(60)53(43(30)59)32-15-16-35(55)50-41(32)57/h8-14,26-27,31-33,46,54H,2-7,15-25H2,1H3,(H,47,56)(H,50,55,57)/t27-,31-,32?,33-/m1/s1. The summed E-state index contributed by atoms with van der Waals surface area (Å²) in [4.78, 5) is 90.7. The molecule has 0 radical (unpaired) electrons. The van der Waals surface area contributed by atoms with Crippen molar-refractivity contribution < 1.29 is 38.6 Å². The number of carbonyl (C=O) groups excluding carboxylic acids is 6. The zero-order chi connectivity index (χ0) is 43.0. The van der Waals surface area contributed by atoms with Crippen molar-refractivity contribution in [3.8, 4) is 5.75 Å². The monoisotopic (exact) mass is 856 g/mol. The molecule has 1 aliphatic carbocycles. The number of anilines is 1. The third-order valence-corrected chi connectivity index (χ3v) is 12.2. The molecule has 2 saturated heterocycles. The summed E-state index contributed by atoms with van der Waals surface area (Å²) in [5, 5.41) is 19.6. The van der Waals surface area contributed by atoms with Crippen molar-refractivity contribution in [2.45, 2.75) is 88.7 Å². The van der Waals surface area contributed by atoms with Gasteiger partial charge in [0.15, 0.2) is 6.61 Å². The van der Waals surface area contributed by atoms with Crippen LogP contribution >= 0.6 is 11.6 Å². The molecule has 1 unspecified atom stereocenters. The molecule has 0 bridgehead atoms. The molecule has 3 aromatic rings. The number of ether oxygens (including phenoxy) is 1. The molecule has 61 heavy (non-hydrogen) atoms. The Balaban J connectivity index is 0.779. The minimum atomic E-state index is -1.09. The van der Waals surface area contributed by atoms with E-state index in [1.165, 1.54) is 18.5 Å². The first-order chi connectivity index (χ1) is 29.5. The molecule has 16 nitrogen and oxygen atoms in total. The van der Waals surface area contributed by atoms with Crippen molar-refractivity contribution in [2.75, 3.05) is 57.3 Å². The summed E-state index contributed by atoms with van der Waals surface area (Å²) < 4.78 is 5.67. The number of aromatic nitrogens is 2. The SMILES string of the molecule is C[C@@H]1C[C@@H](O)c2ncnc(N3CCN(C(=O)[C@H](CNCCCCCCCCNC(=O)COc4cccc5c4C(=O)N(C4CCC(=O)NC4=O)C5=O)c4ccc(Cl)cc4)CC3)c21. The van der Waals surface area contributed by atoms with Gasteiger partial charge in [0.2, 0.25) is 17.7 Å². The van der Waals surface area contributed by atoms with Crippen LogP contribution in [0.3, 0.4) is 0 Å². The number of hydrogen-bond acceptors (Lipinski definition) is 12. The molecule has 7 rings (SSSR count). The maximum absolute atomic E-state index is 14.0. The van der Waals surface area contributed by atoms with Gasteiger partial charge < -0.3 is 30.3 Å². The zero-order valence-electron chi connectivity index (χ0n) is 34.4. The van der Waals surface area contributed by atoms with E-state index in [2.05, 4.69) is 37.7 Å². The number of unbranched alkanes of at least 4 members (excludes halogenated alkanes) is 5. The zero-order valence-corrected chi connectivity index (χ0v) is 35.1. The lowest BCUT2D eigenvalue weighted by Gasteiger charge is -2.38. The summed E-state index contributed by atoms with van der Waals surface area (Å²) >= 11 is 6.19. The van der Waals surface area contributed by atoms with Gasteiger partial charge in [-0.25, -0.2) is 9.97 Å². The van der Waals surface area contributed by atoms with Crippen LogP contribution in [-0.4, -0.2) is 119 Å². The van der Waals surface area contributed by atoms with Crippen LogP contribution in [0.15, 0.2) is 48.8 Å². The lowest BCUT2D eigenvalue weighted by molar-refractivity contribution is -0.136. The number of imide groups is 2. The van der Waals surface area contributed by atoms with Crippen molar-refractivity contribution in [1.29, 1.82) is 0 Å². The molecule has 4 atom stereocenters. The lowest BCUT2D eigenvalue weighted by Crippen LogP contribution is -2.54. The smallest absolute Gasteiger partial charge is 0.266 e. The predicted octanol–water partition coefficient (Wildman–Crippen LogP) is 3.63. The molecule has 2 aromatic carbocycles. The van der Waals surface area contributed by atoms with E-state index in [0.29, 0.717) is 50.7 Å². The van der Waals surface area contributed by atoms with E-state index in [9.17, 15) is 33.9 Å². The molecule has 4 aliphatic rings. The molecule has 3 aliphatic heterocycles. The van der Waals surface area contributed by atoms with E-state index in [1.54, 1.807) is 6.07 Å². The summed E-state index contributed by atoms with van der Waals surface area (Å²) in [5.74, 6) is -1.99. The summed E-state index contributed by atoms with van der Waals surface area (Å²) in [6.07, 6.45) is 7.44. The number of benzene rings is 2. The number of aliphatic hydroxyl groups is 1. The minimum absolute atomic E-state index is 0.000569. The van der Waals surface area contributed by atoms with E-state index in [0.717, 1.165) is 72.6 Å². The molecule has 0 spiro atoms. The number of nitrogens with one attached hydrogen (secondary N) is 3. The maximum Gasteiger partial charge on any atom is 0.266 e. The van der Waals surface area contributed by atoms with Crippen LogP contribution in [-0.2, 0) is 19.2 Å². The molecule has 6 amide bonds. The lowest BCUT2D eigenvalue weighted by atomic mass is 9.96. The minimum Gasteiger partial charge on any atom is -0.483 e. The van der Waals surface area contributed by atoms with Crippen molar-refractivity contribution in [1.82, 2.24) is 35.7 Å². The van der Waals surface area contributed by atoms with Crippen molar-refractivity contribution in [3.63, 3.8) is 0 Å². The third-order valence-electron chi connectivity index (χ3n) is 12.0. The Morgan fingerprint density at radius 1 is 0.934 bits per heavy atom. The highest BCUT2D eigenvalue weighted by Gasteiger charge is 2.46. The molecule has 17 heteroatoms.